The highest BCUT2D eigenvalue weighted by atomic mass is 16.5. The molecule has 0 saturated carbocycles. The fraction of sp³-hybridized carbons (Fsp3) is 0.267. The van der Waals surface area contributed by atoms with Crippen molar-refractivity contribution < 1.29 is 23.8 Å². The normalized spacial score (nSPS) is 14.7. The first-order valence-corrected chi connectivity index (χ1v) is 11.9. The van der Waals surface area contributed by atoms with E-state index in [1.165, 1.54) is 0 Å². The van der Waals surface area contributed by atoms with Crippen molar-refractivity contribution in [3.63, 3.8) is 0 Å². The van der Waals surface area contributed by atoms with E-state index in [1.807, 2.05) is 42.5 Å². The van der Waals surface area contributed by atoms with E-state index in [1.54, 1.807) is 13.8 Å². The van der Waals surface area contributed by atoms with Gasteiger partial charge in [-0.25, -0.2) is 9.59 Å². The maximum atomic E-state index is 12.6. The van der Waals surface area contributed by atoms with E-state index < -0.39 is 11.9 Å². The minimum atomic E-state index is -0.497. The molecular formula is C30H30O5. The van der Waals surface area contributed by atoms with Gasteiger partial charge in [0.2, 0.25) is 0 Å². The quantitative estimate of drug-likeness (QED) is 0.230. The molecule has 0 amide bonds. The number of benzene rings is 3. The van der Waals surface area contributed by atoms with Crippen LogP contribution in [0.15, 0.2) is 72.8 Å². The Hall–Kier alpha value is -3.86. The number of carbonyl (C=O) groups is 2. The minimum absolute atomic E-state index is 0.122. The number of aryl methyl sites for hydroxylation is 1. The van der Waals surface area contributed by atoms with Gasteiger partial charge in [0.05, 0.1) is 0 Å². The van der Waals surface area contributed by atoms with Crippen LogP contribution in [0.1, 0.15) is 43.9 Å². The molecule has 0 heterocycles. The fourth-order valence-corrected chi connectivity index (χ4v) is 4.38. The van der Waals surface area contributed by atoms with Gasteiger partial charge < -0.3 is 14.2 Å². The van der Waals surface area contributed by atoms with Gasteiger partial charge >= 0.3 is 11.9 Å². The van der Waals surface area contributed by atoms with Gasteiger partial charge in [0.25, 0.3) is 0 Å². The Morgan fingerprint density at radius 2 is 1.40 bits per heavy atom. The number of para-hydroxylation sites is 1. The second-order valence-corrected chi connectivity index (χ2v) is 8.94. The number of esters is 2. The number of hydrogen-bond acceptors (Lipinski definition) is 5. The second kappa shape index (κ2) is 10.2. The number of hydrogen-bond donors (Lipinski definition) is 0. The van der Waals surface area contributed by atoms with Crippen molar-refractivity contribution in [2.75, 3.05) is 0 Å². The van der Waals surface area contributed by atoms with Crippen LogP contribution in [0.25, 0.3) is 10.8 Å². The Kier molecular flexibility index (Phi) is 7.06. The van der Waals surface area contributed by atoms with E-state index in [0.717, 1.165) is 35.3 Å². The van der Waals surface area contributed by atoms with Gasteiger partial charge in [-0.05, 0) is 44.7 Å². The lowest BCUT2D eigenvalue weighted by atomic mass is 9.85. The van der Waals surface area contributed by atoms with Crippen LogP contribution in [0.4, 0.5) is 0 Å². The zero-order valence-corrected chi connectivity index (χ0v) is 20.5. The Morgan fingerprint density at radius 3 is 1.97 bits per heavy atom. The first-order valence-electron chi connectivity index (χ1n) is 11.9. The summed E-state index contributed by atoms with van der Waals surface area (Å²) < 4.78 is 18.2. The van der Waals surface area contributed by atoms with Gasteiger partial charge in [-0.15, -0.1) is 0 Å². The second-order valence-electron chi connectivity index (χ2n) is 8.94. The maximum Gasteiger partial charge on any atom is 0.338 e. The lowest BCUT2D eigenvalue weighted by Gasteiger charge is -2.30. The van der Waals surface area contributed by atoms with Gasteiger partial charge in [0.1, 0.15) is 23.4 Å². The average molecular weight is 471 g/mol. The molecule has 0 N–H and O–H groups in total. The predicted octanol–water partition coefficient (Wildman–Crippen LogP) is 6.30. The van der Waals surface area contributed by atoms with Crippen LogP contribution in [0.2, 0.25) is 0 Å². The standard InChI is InChI=1S/C30H30O5/c1-6-20-11-7-10-14-26(20)33-21-15-16-24-25(17-21)28(35-30(32)19(4)5)23-13-9-8-12-22(23)27(24)34-29(31)18(2)3/h7-14,21H,2,4,6,15-17H2,1,3,5H3. The van der Waals surface area contributed by atoms with Crippen molar-refractivity contribution >= 4 is 22.7 Å². The van der Waals surface area contributed by atoms with Crippen LogP contribution < -0.4 is 14.2 Å². The van der Waals surface area contributed by atoms with Crippen LogP contribution in [0.3, 0.4) is 0 Å². The summed E-state index contributed by atoms with van der Waals surface area (Å²) in [5, 5.41) is 1.40. The third kappa shape index (κ3) is 4.99. The molecule has 1 aliphatic carbocycles. The zero-order chi connectivity index (χ0) is 25.1. The van der Waals surface area contributed by atoms with Crippen molar-refractivity contribution in [3.8, 4) is 17.2 Å². The summed E-state index contributed by atoms with van der Waals surface area (Å²) in [6.45, 7) is 12.8. The van der Waals surface area contributed by atoms with E-state index in [0.29, 0.717) is 46.3 Å². The zero-order valence-electron chi connectivity index (χ0n) is 20.5. The molecule has 0 bridgehead atoms. The van der Waals surface area contributed by atoms with Crippen molar-refractivity contribution in [2.24, 2.45) is 0 Å². The van der Waals surface area contributed by atoms with Gasteiger partial charge in [0.15, 0.2) is 0 Å². The van der Waals surface area contributed by atoms with Crippen molar-refractivity contribution in [3.05, 3.63) is 89.5 Å². The Balaban J connectivity index is 1.84. The molecule has 1 unspecified atom stereocenters. The molecule has 1 atom stereocenters. The molecule has 0 spiro atoms. The van der Waals surface area contributed by atoms with Crippen LogP contribution in [0, 0.1) is 0 Å². The molecule has 35 heavy (non-hydrogen) atoms. The summed E-state index contributed by atoms with van der Waals surface area (Å²) in [5.74, 6) is 0.836. The van der Waals surface area contributed by atoms with E-state index in [-0.39, 0.29) is 6.10 Å². The Morgan fingerprint density at radius 1 is 0.857 bits per heavy atom. The first-order chi connectivity index (χ1) is 16.8. The molecule has 0 radical (unpaired) electrons. The lowest BCUT2D eigenvalue weighted by molar-refractivity contribution is -0.131. The lowest BCUT2D eigenvalue weighted by Crippen LogP contribution is -2.27. The van der Waals surface area contributed by atoms with E-state index >= 15 is 0 Å². The highest BCUT2D eigenvalue weighted by Crippen LogP contribution is 2.45. The van der Waals surface area contributed by atoms with Gasteiger partial charge in [-0.2, -0.15) is 0 Å². The van der Waals surface area contributed by atoms with Gasteiger partial charge in [-0.1, -0.05) is 62.5 Å². The molecule has 0 aromatic heterocycles. The van der Waals surface area contributed by atoms with E-state index in [2.05, 4.69) is 26.1 Å². The summed E-state index contributed by atoms with van der Waals surface area (Å²) in [6.07, 6.45) is 2.59. The third-order valence-electron chi connectivity index (χ3n) is 6.21. The summed E-state index contributed by atoms with van der Waals surface area (Å²) >= 11 is 0. The number of carbonyl (C=O) groups excluding carboxylic acids is 2. The van der Waals surface area contributed by atoms with Crippen molar-refractivity contribution in [2.45, 2.75) is 52.6 Å². The summed E-state index contributed by atoms with van der Waals surface area (Å²) in [7, 11) is 0. The van der Waals surface area contributed by atoms with Gasteiger partial charge in [0, 0.05) is 39.5 Å². The van der Waals surface area contributed by atoms with Crippen LogP contribution in [-0.4, -0.2) is 18.0 Å². The number of rotatable bonds is 7. The molecule has 3 aromatic rings. The molecule has 0 saturated heterocycles. The Bertz CT molecular complexity index is 1330. The van der Waals surface area contributed by atoms with Crippen molar-refractivity contribution in [1.82, 2.24) is 0 Å². The molecule has 0 aliphatic heterocycles. The molecule has 5 heteroatoms. The smallest absolute Gasteiger partial charge is 0.338 e. The van der Waals surface area contributed by atoms with Gasteiger partial charge in [-0.3, -0.25) is 0 Å². The minimum Gasteiger partial charge on any atom is -0.490 e. The predicted molar refractivity (Wildman–Crippen MR) is 137 cm³/mol. The topological polar surface area (TPSA) is 61.8 Å². The van der Waals surface area contributed by atoms with Crippen LogP contribution >= 0.6 is 0 Å². The largest absolute Gasteiger partial charge is 0.490 e. The fourth-order valence-electron chi connectivity index (χ4n) is 4.38. The summed E-state index contributed by atoms with van der Waals surface area (Å²) in [5.41, 5.74) is 3.43. The van der Waals surface area contributed by atoms with E-state index in [9.17, 15) is 9.59 Å². The maximum absolute atomic E-state index is 12.6. The SMILES string of the molecule is C=C(C)C(=O)Oc1c2c(c(OC(=O)C(=C)C)c3ccccc13)CC(Oc1ccccc1CC)CC2. The number of ether oxygens (including phenoxy) is 3. The monoisotopic (exact) mass is 470 g/mol. The van der Waals surface area contributed by atoms with E-state index in [4.69, 9.17) is 14.2 Å². The number of fused-ring (bicyclic) bond motifs is 2. The highest BCUT2D eigenvalue weighted by molar-refractivity contribution is 6.01. The molecule has 5 nitrogen and oxygen atoms in total. The van der Waals surface area contributed by atoms with Crippen molar-refractivity contribution in [1.29, 1.82) is 0 Å². The summed E-state index contributed by atoms with van der Waals surface area (Å²) in [4.78, 5) is 25.1. The Labute approximate surface area is 206 Å². The molecule has 180 valence electrons. The first kappa shape index (κ1) is 24.3. The molecule has 4 rings (SSSR count). The highest BCUT2D eigenvalue weighted by Gasteiger charge is 2.31. The molecule has 1 aliphatic rings. The van der Waals surface area contributed by atoms with Crippen LogP contribution in [-0.2, 0) is 28.9 Å². The molecule has 3 aromatic carbocycles. The average Bonchev–Trinajstić information content (AvgIpc) is 2.85. The third-order valence-corrected chi connectivity index (χ3v) is 6.21. The summed E-state index contributed by atoms with van der Waals surface area (Å²) in [6, 6.07) is 15.5. The molecular weight excluding hydrogens is 440 g/mol. The van der Waals surface area contributed by atoms with Crippen LogP contribution in [0.5, 0.6) is 17.2 Å². The molecule has 0 fully saturated rings.